The van der Waals surface area contributed by atoms with Crippen LogP contribution in [0.2, 0.25) is 0 Å². The second-order valence-corrected chi connectivity index (χ2v) is 6.78. The number of nitrogens with one attached hydrogen (secondary N) is 1. The lowest BCUT2D eigenvalue weighted by Gasteiger charge is -2.24. The number of hydrogen-bond donors (Lipinski definition) is 1. The van der Waals surface area contributed by atoms with Crippen molar-refractivity contribution in [2.45, 2.75) is 53.1 Å². The summed E-state index contributed by atoms with van der Waals surface area (Å²) in [4.78, 5) is 19.5. The van der Waals surface area contributed by atoms with E-state index in [-0.39, 0.29) is 23.0 Å². The molecule has 1 rings (SSSR count). The first-order valence-electron chi connectivity index (χ1n) is 6.60. The maximum atomic E-state index is 12.0. The molecule has 0 aliphatic rings. The highest BCUT2D eigenvalue weighted by molar-refractivity contribution is 9.10. The number of H-pyrrole nitrogens is 1. The summed E-state index contributed by atoms with van der Waals surface area (Å²) in [5, 5.41) is 0. The molecule has 0 saturated carbocycles. The quantitative estimate of drug-likeness (QED) is 0.918. The highest BCUT2D eigenvalue weighted by Crippen LogP contribution is 2.28. The normalized spacial score (nSPS) is 13.9. The maximum Gasteiger partial charge on any atom is 0.265 e. The number of halogens is 1. The fourth-order valence-electron chi connectivity index (χ4n) is 1.87. The van der Waals surface area contributed by atoms with E-state index in [1.54, 1.807) is 0 Å². The molecular formula is C14H23BrN2O2. The van der Waals surface area contributed by atoms with Crippen molar-refractivity contribution in [1.82, 2.24) is 9.97 Å². The van der Waals surface area contributed by atoms with Crippen LogP contribution in [0.3, 0.4) is 0 Å². The van der Waals surface area contributed by atoms with Gasteiger partial charge in [-0.1, -0.05) is 34.6 Å². The number of aromatic amines is 1. The molecule has 5 heteroatoms. The lowest BCUT2D eigenvalue weighted by Crippen LogP contribution is -2.26. The summed E-state index contributed by atoms with van der Waals surface area (Å²) in [5.74, 6) is 0.854. The van der Waals surface area contributed by atoms with Crippen LogP contribution in [0.5, 0.6) is 0 Å². The average Bonchev–Trinajstić information content (AvgIpc) is 2.27. The monoisotopic (exact) mass is 330 g/mol. The number of nitrogens with zero attached hydrogens (tertiary/aromatic N) is 1. The molecule has 0 amide bonds. The fourth-order valence-corrected chi connectivity index (χ4v) is 2.66. The molecule has 1 unspecified atom stereocenters. The van der Waals surface area contributed by atoms with Crippen molar-refractivity contribution in [3.8, 4) is 0 Å². The number of hydrogen-bond acceptors (Lipinski definition) is 3. The van der Waals surface area contributed by atoms with E-state index in [2.05, 4.69) is 39.7 Å². The van der Waals surface area contributed by atoms with Crippen LogP contribution in [0.25, 0.3) is 0 Å². The van der Waals surface area contributed by atoms with Gasteiger partial charge in [0.2, 0.25) is 0 Å². The van der Waals surface area contributed by atoms with Gasteiger partial charge >= 0.3 is 0 Å². The third-order valence-corrected chi connectivity index (χ3v) is 3.55. The third kappa shape index (κ3) is 3.89. The van der Waals surface area contributed by atoms with Gasteiger partial charge < -0.3 is 9.72 Å². The summed E-state index contributed by atoms with van der Waals surface area (Å²) in [5.41, 5.74) is 0.409. The van der Waals surface area contributed by atoms with E-state index in [0.717, 1.165) is 5.69 Å². The maximum absolute atomic E-state index is 12.0. The van der Waals surface area contributed by atoms with Crippen LogP contribution in [0.4, 0.5) is 0 Å². The molecule has 1 aromatic rings. The summed E-state index contributed by atoms with van der Waals surface area (Å²) < 4.78 is 6.21. The van der Waals surface area contributed by atoms with Gasteiger partial charge in [0, 0.05) is 12.0 Å². The molecule has 4 nitrogen and oxygen atoms in total. The molecular weight excluding hydrogens is 308 g/mol. The van der Waals surface area contributed by atoms with Crippen molar-refractivity contribution < 1.29 is 4.74 Å². The van der Waals surface area contributed by atoms with Crippen molar-refractivity contribution >= 4 is 15.9 Å². The van der Waals surface area contributed by atoms with Gasteiger partial charge in [-0.2, -0.15) is 0 Å². The van der Waals surface area contributed by atoms with Gasteiger partial charge in [-0.3, -0.25) is 4.79 Å². The SMILES string of the molecule is CCOC(c1nc(C(C)(C)C)c(Br)c(=O)[nH]1)C(C)C. The minimum Gasteiger partial charge on any atom is -0.370 e. The van der Waals surface area contributed by atoms with E-state index in [9.17, 15) is 4.79 Å². The second kappa shape index (κ2) is 6.18. The molecule has 1 aromatic heterocycles. The Balaban J connectivity index is 3.38. The largest absolute Gasteiger partial charge is 0.370 e. The van der Waals surface area contributed by atoms with Gasteiger partial charge in [-0.15, -0.1) is 0 Å². The Kier molecular flexibility index (Phi) is 5.33. The van der Waals surface area contributed by atoms with Gasteiger partial charge in [0.1, 0.15) is 16.4 Å². The first-order chi connectivity index (χ1) is 8.68. The summed E-state index contributed by atoms with van der Waals surface area (Å²) in [6.07, 6.45) is -0.188. The van der Waals surface area contributed by atoms with Crippen molar-refractivity contribution in [1.29, 1.82) is 0 Å². The molecule has 1 N–H and O–H groups in total. The molecule has 0 saturated heterocycles. The third-order valence-electron chi connectivity index (χ3n) is 2.81. The topological polar surface area (TPSA) is 55.0 Å². The molecule has 1 heterocycles. The van der Waals surface area contributed by atoms with Crippen molar-refractivity contribution in [3.05, 3.63) is 26.3 Å². The minimum atomic E-state index is -0.199. The molecule has 0 fully saturated rings. The Morgan fingerprint density at radius 3 is 2.37 bits per heavy atom. The van der Waals surface area contributed by atoms with Crippen molar-refractivity contribution in [2.75, 3.05) is 6.61 Å². The van der Waals surface area contributed by atoms with Crippen LogP contribution in [-0.4, -0.2) is 16.6 Å². The van der Waals surface area contributed by atoms with E-state index in [1.165, 1.54) is 0 Å². The Labute approximate surface area is 123 Å². The molecule has 0 bridgehead atoms. The van der Waals surface area contributed by atoms with Crippen LogP contribution in [0, 0.1) is 5.92 Å². The molecule has 108 valence electrons. The van der Waals surface area contributed by atoms with Gasteiger partial charge in [0.25, 0.3) is 5.56 Å². The average molecular weight is 331 g/mol. The Morgan fingerprint density at radius 1 is 1.37 bits per heavy atom. The van der Waals surface area contributed by atoms with E-state index < -0.39 is 0 Å². The van der Waals surface area contributed by atoms with Crippen molar-refractivity contribution in [2.24, 2.45) is 5.92 Å². The van der Waals surface area contributed by atoms with E-state index >= 15 is 0 Å². The lowest BCUT2D eigenvalue weighted by molar-refractivity contribution is 0.0227. The summed E-state index contributed by atoms with van der Waals surface area (Å²) >= 11 is 3.33. The minimum absolute atomic E-state index is 0.153. The molecule has 0 aliphatic carbocycles. The predicted molar refractivity (Wildman–Crippen MR) is 80.5 cm³/mol. The van der Waals surface area contributed by atoms with Gasteiger partial charge in [-0.05, 0) is 28.8 Å². The summed E-state index contributed by atoms with van der Waals surface area (Å²) in [7, 11) is 0. The number of rotatable bonds is 4. The zero-order valence-corrected chi connectivity index (χ0v) is 14.1. The van der Waals surface area contributed by atoms with E-state index in [1.807, 2.05) is 27.7 Å². The Hall–Kier alpha value is -0.680. The standard InChI is InChI=1S/C14H23BrN2O2/c1-7-19-10(8(2)3)12-16-11(14(4,5)6)9(15)13(18)17-12/h8,10H,7H2,1-6H3,(H,16,17,18). The Bertz CT molecular complexity index is 489. The molecule has 1 atom stereocenters. The molecule has 0 spiro atoms. The van der Waals surface area contributed by atoms with Gasteiger partial charge in [-0.25, -0.2) is 4.98 Å². The zero-order valence-electron chi connectivity index (χ0n) is 12.5. The molecule has 19 heavy (non-hydrogen) atoms. The van der Waals surface area contributed by atoms with Crippen LogP contribution >= 0.6 is 15.9 Å². The fraction of sp³-hybridized carbons (Fsp3) is 0.714. The van der Waals surface area contributed by atoms with Gasteiger partial charge in [0.15, 0.2) is 0 Å². The second-order valence-electron chi connectivity index (χ2n) is 5.98. The van der Waals surface area contributed by atoms with Crippen LogP contribution < -0.4 is 5.56 Å². The summed E-state index contributed by atoms with van der Waals surface area (Å²) in [6.45, 7) is 12.7. The van der Waals surface area contributed by atoms with Gasteiger partial charge in [0.05, 0.1) is 5.69 Å². The molecule has 0 radical (unpaired) electrons. The van der Waals surface area contributed by atoms with Crippen LogP contribution in [0.15, 0.2) is 9.27 Å². The van der Waals surface area contributed by atoms with E-state index in [0.29, 0.717) is 16.9 Å². The number of ether oxygens (including phenoxy) is 1. The van der Waals surface area contributed by atoms with Crippen molar-refractivity contribution in [3.63, 3.8) is 0 Å². The highest BCUT2D eigenvalue weighted by Gasteiger charge is 2.26. The van der Waals surface area contributed by atoms with Crippen LogP contribution in [0.1, 0.15) is 59.2 Å². The smallest absolute Gasteiger partial charge is 0.265 e. The lowest BCUT2D eigenvalue weighted by atomic mass is 9.91. The molecule has 0 aromatic carbocycles. The molecule has 0 aliphatic heterocycles. The van der Waals surface area contributed by atoms with E-state index in [4.69, 9.17) is 4.74 Å². The predicted octanol–water partition coefficient (Wildman–Crippen LogP) is 3.56. The first kappa shape index (κ1) is 16.4. The Morgan fingerprint density at radius 2 is 1.95 bits per heavy atom. The summed E-state index contributed by atoms with van der Waals surface area (Å²) in [6, 6.07) is 0. The highest BCUT2D eigenvalue weighted by atomic mass is 79.9. The zero-order chi connectivity index (χ0) is 14.8. The van der Waals surface area contributed by atoms with Crippen LogP contribution in [-0.2, 0) is 10.2 Å². The number of aromatic nitrogens is 2. The first-order valence-corrected chi connectivity index (χ1v) is 7.39.